The fourth-order valence-electron chi connectivity index (χ4n) is 2.83. The number of carbonyl (C=O) groups excluding carboxylic acids is 1. The van der Waals surface area contributed by atoms with E-state index in [1.54, 1.807) is 18.2 Å². The lowest BCUT2D eigenvalue weighted by molar-refractivity contribution is -0.118. The second kappa shape index (κ2) is 11.3. The molecule has 28 heavy (non-hydrogen) atoms. The Morgan fingerprint density at radius 1 is 1.32 bits per heavy atom. The third kappa shape index (κ3) is 6.83. The molecule has 0 aliphatic carbocycles. The molecule has 0 radical (unpaired) electrons. The Morgan fingerprint density at radius 3 is 2.75 bits per heavy atom. The summed E-state index contributed by atoms with van der Waals surface area (Å²) in [7, 11) is 0. The van der Waals surface area contributed by atoms with Crippen LogP contribution in [-0.4, -0.2) is 43.7 Å². The molecule has 0 aromatic heterocycles. The van der Waals surface area contributed by atoms with Crippen molar-refractivity contribution in [3.8, 4) is 0 Å². The maximum Gasteiger partial charge on any atom is 0.238 e. The summed E-state index contributed by atoms with van der Waals surface area (Å²) >= 11 is 0. The van der Waals surface area contributed by atoms with E-state index >= 15 is 0 Å². The van der Waals surface area contributed by atoms with Crippen molar-refractivity contribution in [3.63, 3.8) is 0 Å². The zero-order chi connectivity index (χ0) is 20.4. The molecule has 2 rings (SSSR count). The number of hydrogen-bond donors (Lipinski definition) is 1. The Bertz CT molecular complexity index is 746. The minimum atomic E-state index is -0.0120. The van der Waals surface area contributed by atoms with Crippen molar-refractivity contribution in [1.29, 1.82) is 0 Å². The van der Waals surface area contributed by atoms with E-state index in [9.17, 15) is 4.79 Å². The summed E-state index contributed by atoms with van der Waals surface area (Å²) in [6.07, 6.45) is 6.10. The molecule has 5 nitrogen and oxygen atoms in total. The zero-order valence-electron chi connectivity index (χ0n) is 16.7. The van der Waals surface area contributed by atoms with Gasteiger partial charge in [0.1, 0.15) is 12.4 Å². The van der Waals surface area contributed by atoms with E-state index in [0.717, 1.165) is 36.3 Å². The molecule has 1 saturated heterocycles. The highest BCUT2D eigenvalue weighted by molar-refractivity contribution is 5.93. The Hall–Kier alpha value is -2.63. The van der Waals surface area contributed by atoms with E-state index in [2.05, 4.69) is 36.9 Å². The average Bonchev–Trinajstić information content (AvgIpc) is 2.71. The van der Waals surface area contributed by atoms with E-state index in [4.69, 9.17) is 9.47 Å². The third-order valence-electron chi connectivity index (χ3n) is 4.50. The Balaban J connectivity index is 1.97. The molecule has 1 amide bonds. The summed E-state index contributed by atoms with van der Waals surface area (Å²) in [6.45, 7) is 17.2. The van der Waals surface area contributed by atoms with E-state index < -0.39 is 0 Å². The van der Waals surface area contributed by atoms with Gasteiger partial charge in [0.15, 0.2) is 0 Å². The van der Waals surface area contributed by atoms with Crippen LogP contribution < -0.4 is 5.32 Å². The van der Waals surface area contributed by atoms with Gasteiger partial charge in [0.2, 0.25) is 5.91 Å². The lowest BCUT2D eigenvalue weighted by atomic mass is 10.1. The van der Waals surface area contributed by atoms with Crippen LogP contribution in [0.15, 0.2) is 67.5 Å². The molecule has 1 heterocycles. The normalized spacial score (nSPS) is 14.6. The van der Waals surface area contributed by atoms with Crippen LogP contribution in [-0.2, 0) is 27.3 Å². The summed E-state index contributed by atoms with van der Waals surface area (Å²) in [6, 6.07) is 6.00. The Kier molecular flexibility index (Phi) is 8.72. The number of morpholine rings is 1. The Morgan fingerprint density at radius 2 is 2.07 bits per heavy atom. The monoisotopic (exact) mass is 382 g/mol. The number of carbonyl (C=O) groups is 1. The molecule has 0 saturated carbocycles. The van der Waals surface area contributed by atoms with Crippen molar-refractivity contribution < 1.29 is 14.3 Å². The summed E-state index contributed by atoms with van der Waals surface area (Å²) in [4.78, 5) is 14.6. The number of nitrogens with zero attached hydrogens (tertiary/aromatic N) is 1. The first kappa shape index (κ1) is 21.7. The fourth-order valence-corrected chi connectivity index (χ4v) is 2.83. The van der Waals surface area contributed by atoms with Crippen LogP contribution in [0, 0.1) is 0 Å². The minimum Gasteiger partial charge on any atom is -0.489 e. The number of nitrogens with one attached hydrogen (secondary N) is 1. The molecule has 0 atom stereocenters. The first-order valence-corrected chi connectivity index (χ1v) is 9.55. The zero-order valence-corrected chi connectivity index (χ0v) is 16.7. The van der Waals surface area contributed by atoms with Crippen LogP contribution >= 0.6 is 0 Å². The molecule has 0 spiro atoms. The highest BCUT2D eigenvalue weighted by atomic mass is 16.5. The van der Waals surface area contributed by atoms with Gasteiger partial charge < -0.3 is 14.8 Å². The van der Waals surface area contributed by atoms with Gasteiger partial charge in [-0.3, -0.25) is 9.69 Å². The SMILES string of the molecule is C=CC=CC(=C)C(=C)OCc1ccc(CC)c(NC(=O)CN2CCOCC2)c1. The fraction of sp³-hybridized carbons (Fsp3) is 0.348. The highest BCUT2D eigenvalue weighted by Crippen LogP contribution is 2.21. The second-order valence-electron chi connectivity index (χ2n) is 6.61. The molecule has 1 fully saturated rings. The largest absolute Gasteiger partial charge is 0.489 e. The smallest absolute Gasteiger partial charge is 0.238 e. The molecular weight excluding hydrogens is 352 g/mol. The number of hydrogen-bond acceptors (Lipinski definition) is 4. The predicted molar refractivity (Wildman–Crippen MR) is 114 cm³/mol. The quantitative estimate of drug-likeness (QED) is 0.493. The summed E-state index contributed by atoms with van der Waals surface area (Å²) < 4.78 is 11.1. The van der Waals surface area contributed by atoms with Crippen LogP contribution in [0.5, 0.6) is 0 Å². The van der Waals surface area contributed by atoms with Gasteiger partial charge in [0.25, 0.3) is 0 Å². The van der Waals surface area contributed by atoms with Crippen LogP contribution in [0.3, 0.4) is 0 Å². The van der Waals surface area contributed by atoms with Gasteiger partial charge in [0.05, 0.1) is 19.8 Å². The van der Waals surface area contributed by atoms with Crippen molar-refractivity contribution in [3.05, 3.63) is 78.6 Å². The number of aryl methyl sites for hydroxylation is 1. The number of rotatable bonds is 10. The molecule has 1 aromatic carbocycles. The molecule has 1 N–H and O–H groups in total. The summed E-state index contributed by atoms with van der Waals surface area (Å²) in [5.41, 5.74) is 3.58. The van der Waals surface area contributed by atoms with Crippen molar-refractivity contribution in [2.24, 2.45) is 0 Å². The molecule has 1 aromatic rings. The molecule has 5 heteroatoms. The van der Waals surface area contributed by atoms with Gasteiger partial charge in [-0.1, -0.05) is 57.0 Å². The second-order valence-corrected chi connectivity index (χ2v) is 6.61. The van der Waals surface area contributed by atoms with Crippen molar-refractivity contribution in [2.45, 2.75) is 20.0 Å². The van der Waals surface area contributed by atoms with Crippen LogP contribution in [0.2, 0.25) is 0 Å². The lowest BCUT2D eigenvalue weighted by Gasteiger charge is -2.26. The molecule has 1 aliphatic rings. The maximum atomic E-state index is 12.4. The van der Waals surface area contributed by atoms with E-state index in [1.807, 2.05) is 18.2 Å². The predicted octanol–water partition coefficient (Wildman–Crippen LogP) is 3.85. The number of benzene rings is 1. The lowest BCUT2D eigenvalue weighted by Crippen LogP contribution is -2.41. The van der Waals surface area contributed by atoms with Gasteiger partial charge in [-0.05, 0) is 23.6 Å². The van der Waals surface area contributed by atoms with Gasteiger partial charge >= 0.3 is 0 Å². The topological polar surface area (TPSA) is 50.8 Å². The number of amides is 1. The Labute approximate surface area is 168 Å². The number of ether oxygens (including phenoxy) is 2. The van der Waals surface area contributed by atoms with E-state index in [-0.39, 0.29) is 5.91 Å². The van der Waals surface area contributed by atoms with Crippen LogP contribution in [0.25, 0.3) is 0 Å². The third-order valence-corrected chi connectivity index (χ3v) is 4.50. The van der Waals surface area contributed by atoms with Crippen molar-refractivity contribution in [2.75, 3.05) is 38.2 Å². The summed E-state index contributed by atoms with van der Waals surface area (Å²) in [5.74, 6) is 0.498. The first-order valence-electron chi connectivity index (χ1n) is 9.55. The molecule has 1 aliphatic heterocycles. The highest BCUT2D eigenvalue weighted by Gasteiger charge is 2.15. The van der Waals surface area contributed by atoms with E-state index in [1.165, 1.54) is 0 Å². The standard InChI is InChI=1S/C23H30N2O3/c1-5-7-8-18(3)19(4)28-17-20-9-10-21(6-2)22(15-20)24-23(26)16-25-11-13-27-14-12-25/h5,7-10,15H,1,3-4,6,11-14,16-17H2,2H3,(H,24,26). The first-order chi connectivity index (χ1) is 13.5. The van der Waals surface area contributed by atoms with E-state index in [0.29, 0.717) is 37.7 Å². The summed E-state index contributed by atoms with van der Waals surface area (Å²) in [5, 5.41) is 3.05. The molecule has 0 bridgehead atoms. The average molecular weight is 383 g/mol. The number of allylic oxidation sites excluding steroid dienone is 3. The van der Waals surface area contributed by atoms with Crippen LogP contribution in [0.4, 0.5) is 5.69 Å². The molecule has 150 valence electrons. The maximum absolute atomic E-state index is 12.4. The van der Waals surface area contributed by atoms with Gasteiger partial charge in [-0.15, -0.1) is 0 Å². The van der Waals surface area contributed by atoms with Gasteiger partial charge in [0, 0.05) is 24.4 Å². The van der Waals surface area contributed by atoms with Gasteiger partial charge in [-0.2, -0.15) is 0 Å². The van der Waals surface area contributed by atoms with Gasteiger partial charge in [-0.25, -0.2) is 0 Å². The van der Waals surface area contributed by atoms with Crippen molar-refractivity contribution >= 4 is 11.6 Å². The number of anilines is 1. The van der Waals surface area contributed by atoms with Crippen molar-refractivity contribution in [1.82, 2.24) is 4.90 Å². The minimum absolute atomic E-state index is 0.0120. The molecule has 0 unspecified atom stereocenters. The van der Waals surface area contributed by atoms with Crippen LogP contribution in [0.1, 0.15) is 18.1 Å². The molecular formula is C23H30N2O3.